The molecule has 1 aromatic carbocycles. The van der Waals surface area contributed by atoms with E-state index in [1.165, 1.54) is 5.56 Å². The van der Waals surface area contributed by atoms with Gasteiger partial charge in [0.1, 0.15) is 0 Å². The van der Waals surface area contributed by atoms with Gasteiger partial charge < -0.3 is 10.4 Å². The number of aromatic carboxylic acids is 1. The maximum absolute atomic E-state index is 10.7. The van der Waals surface area contributed by atoms with Crippen molar-refractivity contribution in [1.29, 1.82) is 0 Å². The molecule has 1 aromatic heterocycles. The number of rotatable bonds is 4. The lowest BCUT2D eigenvalue weighted by Gasteiger charge is -2.08. The first-order chi connectivity index (χ1) is 8.66. The van der Waals surface area contributed by atoms with Crippen molar-refractivity contribution in [2.24, 2.45) is 0 Å². The van der Waals surface area contributed by atoms with Crippen molar-refractivity contribution >= 4 is 11.7 Å². The smallest absolute Gasteiger partial charge is 0.335 e. The molecule has 18 heavy (non-hydrogen) atoms. The molecule has 0 aliphatic rings. The van der Waals surface area contributed by atoms with Gasteiger partial charge in [-0.2, -0.15) is 0 Å². The second kappa shape index (κ2) is 5.31. The minimum Gasteiger partial charge on any atom is -0.478 e. The lowest BCUT2D eigenvalue weighted by atomic mass is 10.1. The molecule has 0 spiro atoms. The lowest BCUT2D eigenvalue weighted by Crippen LogP contribution is -2.02. The fraction of sp³-hybridized carbons (Fsp3) is 0.143. The highest BCUT2D eigenvalue weighted by Crippen LogP contribution is 2.12. The number of nitrogens with zero attached hydrogens (tertiary/aromatic N) is 1. The summed E-state index contributed by atoms with van der Waals surface area (Å²) >= 11 is 0. The van der Waals surface area contributed by atoms with Crippen molar-refractivity contribution in [1.82, 2.24) is 4.98 Å². The SMILES string of the molecule is Cc1ccncc1CNc1ccc(C(=O)O)cc1. The third kappa shape index (κ3) is 2.85. The second-order valence-corrected chi connectivity index (χ2v) is 4.04. The van der Waals surface area contributed by atoms with E-state index in [0.717, 1.165) is 11.3 Å². The number of aryl methyl sites for hydroxylation is 1. The standard InChI is InChI=1S/C14H14N2O2/c1-10-6-7-15-8-12(10)9-16-13-4-2-11(3-5-13)14(17)18/h2-8,16H,9H2,1H3,(H,17,18). The van der Waals surface area contributed by atoms with E-state index >= 15 is 0 Å². The first-order valence-corrected chi connectivity index (χ1v) is 5.63. The predicted octanol–water partition coefficient (Wildman–Crippen LogP) is 2.70. The van der Waals surface area contributed by atoms with E-state index < -0.39 is 5.97 Å². The number of aromatic nitrogens is 1. The van der Waals surface area contributed by atoms with Crippen molar-refractivity contribution in [3.63, 3.8) is 0 Å². The zero-order chi connectivity index (χ0) is 13.0. The number of hydrogen-bond donors (Lipinski definition) is 2. The van der Waals surface area contributed by atoms with Gasteiger partial charge in [-0.05, 0) is 48.4 Å². The van der Waals surface area contributed by atoms with Gasteiger partial charge in [0.15, 0.2) is 0 Å². The molecular formula is C14H14N2O2. The Morgan fingerprint density at radius 1 is 1.28 bits per heavy atom. The second-order valence-electron chi connectivity index (χ2n) is 4.04. The molecule has 2 N–H and O–H groups in total. The summed E-state index contributed by atoms with van der Waals surface area (Å²) in [5, 5.41) is 12.0. The van der Waals surface area contributed by atoms with Crippen LogP contribution in [0, 0.1) is 6.92 Å². The Balaban J connectivity index is 2.02. The Kier molecular flexibility index (Phi) is 3.57. The van der Waals surface area contributed by atoms with E-state index in [-0.39, 0.29) is 5.56 Å². The van der Waals surface area contributed by atoms with Crippen molar-refractivity contribution in [3.8, 4) is 0 Å². The monoisotopic (exact) mass is 242 g/mol. The number of benzene rings is 1. The molecule has 0 saturated carbocycles. The Morgan fingerprint density at radius 3 is 2.61 bits per heavy atom. The Labute approximate surface area is 105 Å². The van der Waals surface area contributed by atoms with Gasteiger partial charge in [-0.3, -0.25) is 4.98 Å². The average Bonchev–Trinajstić information content (AvgIpc) is 2.38. The largest absolute Gasteiger partial charge is 0.478 e. The molecule has 0 radical (unpaired) electrons. The van der Waals surface area contributed by atoms with Crippen LogP contribution in [-0.4, -0.2) is 16.1 Å². The first-order valence-electron chi connectivity index (χ1n) is 5.63. The maximum atomic E-state index is 10.7. The highest BCUT2D eigenvalue weighted by atomic mass is 16.4. The summed E-state index contributed by atoms with van der Waals surface area (Å²) in [7, 11) is 0. The van der Waals surface area contributed by atoms with Crippen LogP contribution in [0.3, 0.4) is 0 Å². The molecule has 4 nitrogen and oxygen atoms in total. The molecule has 4 heteroatoms. The average molecular weight is 242 g/mol. The van der Waals surface area contributed by atoms with Crippen LogP contribution in [-0.2, 0) is 6.54 Å². The summed E-state index contributed by atoms with van der Waals surface area (Å²) in [5.41, 5.74) is 3.49. The van der Waals surface area contributed by atoms with E-state index in [1.807, 2.05) is 19.2 Å². The number of anilines is 1. The Hall–Kier alpha value is -2.36. The number of carbonyl (C=O) groups is 1. The minimum atomic E-state index is -0.912. The van der Waals surface area contributed by atoms with Gasteiger partial charge in [0, 0.05) is 24.6 Å². The Bertz CT molecular complexity index is 550. The topological polar surface area (TPSA) is 62.2 Å². The maximum Gasteiger partial charge on any atom is 0.335 e. The van der Waals surface area contributed by atoms with Gasteiger partial charge in [0.25, 0.3) is 0 Å². The molecular weight excluding hydrogens is 228 g/mol. The van der Waals surface area contributed by atoms with Crippen LogP contribution < -0.4 is 5.32 Å². The van der Waals surface area contributed by atoms with Crippen molar-refractivity contribution < 1.29 is 9.90 Å². The molecule has 0 amide bonds. The zero-order valence-corrected chi connectivity index (χ0v) is 10.1. The quantitative estimate of drug-likeness (QED) is 0.865. The molecule has 0 unspecified atom stereocenters. The third-order valence-corrected chi connectivity index (χ3v) is 2.76. The molecule has 0 aliphatic carbocycles. The van der Waals surface area contributed by atoms with Crippen molar-refractivity contribution in [2.75, 3.05) is 5.32 Å². The van der Waals surface area contributed by atoms with Crippen LogP contribution in [0.15, 0.2) is 42.7 Å². The van der Waals surface area contributed by atoms with Crippen molar-refractivity contribution in [2.45, 2.75) is 13.5 Å². The van der Waals surface area contributed by atoms with E-state index in [1.54, 1.807) is 30.5 Å². The van der Waals surface area contributed by atoms with Crippen molar-refractivity contribution in [3.05, 3.63) is 59.4 Å². The van der Waals surface area contributed by atoms with Crippen LogP contribution in [0.2, 0.25) is 0 Å². The highest BCUT2D eigenvalue weighted by molar-refractivity contribution is 5.87. The fourth-order valence-corrected chi connectivity index (χ4v) is 1.61. The third-order valence-electron chi connectivity index (χ3n) is 2.76. The molecule has 0 fully saturated rings. The van der Waals surface area contributed by atoms with E-state index in [2.05, 4.69) is 10.3 Å². The molecule has 92 valence electrons. The fourth-order valence-electron chi connectivity index (χ4n) is 1.61. The number of nitrogens with one attached hydrogen (secondary N) is 1. The number of hydrogen-bond acceptors (Lipinski definition) is 3. The predicted molar refractivity (Wildman–Crippen MR) is 69.7 cm³/mol. The normalized spacial score (nSPS) is 10.1. The lowest BCUT2D eigenvalue weighted by molar-refractivity contribution is 0.0697. The van der Waals surface area contributed by atoms with Crippen LogP contribution in [0.5, 0.6) is 0 Å². The molecule has 2 aromatic rings. The molecule has 1 heterocycles. The van der Waals surface area contributed by atoms with Gasteiger partial charge in [0.2, 0.25) is 0 Å². The van der Waals surface area contributed by atoms with Crippen LogP contribution >= 0.6 is 0 Å². The van der Waals surface area contributed by atoms with Gasteiger partial charge in [-0.1, -0.05) is 0 Å². The van der Waals surface area contributed by atoms with Gasteiger partial charge in [-0.25, -0.2) is 4.79 Å². The Morgan fingerprint density at radius 2 is 2.00 bits per heavy atom. The summed E-state index contributed by atoms with van der Waals surface area (Å²) in [6.07, 6.45) is 3.59. The molecule has 0 saturated heterocycles. The summed E-state index contributed by atoms with van der Waals surface area (Å²) in [6.45, 7) is 2.71. The minimum absolute atomic E-state index is 0.290. The van der Waals surface area contributed by atoms with E-state index in [9.17, 15) is 4.79 Å². The highest BCUT2D eigenvalue weighted by Gasteiger charge is 2.02. The van der Waals surface area contributed by atoms with Gasteiger partial charge in [-0.15, -0.1) is 0 Å². The summed E-state index contributed by atoms with van der Waals surface area (Å²) in [5.74, 6) is -0.912. The zero-order valence-electron chi connectivity index (χ0n) is 10.1. The van der Waals surface area contributed by atoms with Gasteiger partial charge >= 0.3 is 5.97 Å². The van der Waals surface area contributed by atoms with Gasteiger partial charge in [0.05, 0.1) is 5.56 Å². The summed E-state index contributed by atoms with van der Waals surface area (Å²) in [4.78, 5) is 14.8. The molecule has 0 aliphatic heterocycles. The van der Waals surface area contributed by atoms with Crippen LogP contribution in [0.25, 0.3) is 0 Å². The first kappa shape index (κ1) is 12.1. The molecule has 0 atom stereocenters. The molecule has 0 bridgehead atoms. The summed E-state index contributed by atoms with van der Waals surface area (Å²) in [6, 6.07) is 8.65. The number of pyridine rings is 1. The number of carboxylic acid groups (broad SMARTS) is 1. The van der Waals surface area contributed by atoms with Crippen LogP contribution in [0.4, 0.5) is 5.69 Å². The van der Waals surface area contributed by atoms with E-state index in [4.69, 9.17) is 5.11 Å². The van der Waals surface area contributed by atoms with E-state index in [0.29, 0.717) is 6.54 Å². The summed E-state index contributed by atoms with van der Waals surface area (Å²) < 4.78 is 0. The molecule has 2 rings (SSSR count). The van der Waals surface area contributed by atoms with Crippen LogP contribution in [0.1, 0.15) is 21.5 Å². The number of carboxylic acids is 1.